The summed E-state index contributed by atoms with van der Waals surface area (Å²) in [4.78, 5) is 11.3. The van der Waals surface area contributed by atoms with Crippen LogP contribution in [-0.2, 0) is 17.9 Å². The van der Waals surface area contributed by atoms with Crippen molar-refractivity contribution >= 4 is 29.3 Å². The molecule has 1 amide bonds. The Morgan fingerprint density at radius 1 is 1.04 bits per heavy atom. The molecule has 1 aromatic heterocycles. The third-order valence-corrected chi connectivity index (χ3v) is 3.93. The summed E-state index contributed by atoms with van der Waals surface area (Å²) < 4.78 is 14.5. The molecule has 3 aromatic rings. The zero-order valence-electron chi connectivity index (χ0n) is 14.3. The number of ether oxygens (including phenoxy) is 2. The molecule has 0 saturated heterocycles. The molecule has 1 heterocycles. The first kappa shape index (κ1) is 19.4. The van der Waals surface area contributed by atoms with E-state index in [0.717, 1.165) is 11.0 Å². The second-order valence-electron chi connectivity index (χ2n) is 5.52. The number of primary amides is 1. The molecule has 3 N–H and O–H groups in total. The third-order valence-electron chi connectivity index (χ3n) is 3.93. The molecule has 8 heteroatoms. The van der Waals surface area contributed by atoms with E-state index < -0.39 is 5.91 Å². The molecule has 0 atom stereocenters. The number of rotatable bonds is 7. The lowest BCUT2D eigenvalue weighted by molar-refractivity contribution is -0.118. The van der Waals surface area contributed by atoms with Gasteiger partial charge in [-0.1, -0.05) is 24.3 Å². The number of fused-ring (bicyclic) bond motifs is 1. The van der Waals surface area contributed by atoms with Crippen molar-refractivity contribution in [2.24, 2.45) is 5.73 Å². The second-order valence-corrected chi connectivity index (χ2v) is 5.52. The maximum absolute atomic E-state index is 11.3. The minimum absolute atomic E-state index is 0. The van der Waals surface area contributed by atoms with Crippen molar-refractivity contribution in [1.82, 2.24) is 9.13 Å². The van der Waals surface area contributed by atoms with Crippen molar-refractivity contribution in [3.05, 3.63) is 54.1 Å². The normalized spacial score (nSPS) is 10.3. The van der Waals surface area contributed by atoms with Crippen LogP contribution in [0.3, 0.4) is 0 Å². The van der Waals surface area contributed by atoms with Crippen molar-refractivity contribution in [2.75, 3.05) is 13.7 Å². The van der Waals surface area contributed by atoms with Gasteiger partial charge >= 0.3 is 0 Å². The predicted molar refractivity (Wildman–Crippen MR) is 101 cm³/mol. The minimum Gasteiger partial charge on any atom is -0.493 e. The topological polar surface area (TPSA) is 95.3 Å². The van der Waals surface area contributed by atoms with Crippen LogP contribution in [-0.4, -0.2) is 28.8 Å². The van der Waals surface area contributed by atoms with Gasteiger partial charge in [-0.05, 0) is 24.3 Å². The third kappa shape index (κ3) is 3.83. The Hall–Kier alpha value is -2.93. The maximum Gasteiger partial charge on any atom is 0.237 e. The van der Waals surface area contributed by atoms with Crippen molar-refractivity contribution < 1.29 is 14.3 Å². The fraction of sp³-hybridized carbons (Fsp3) is 0.222. The molecule has 2 aromatic carbocycles. The van der Waals surface area contributed by atoms with Crippen molar-refractivity contribution in [3.8, 4) is 11.5 Å². The Kier molecular flexibility index (Phi) is 6.30. The Balaban J connectivity index is 0.00000243. The van der Waals surface area contributed by atoms with Crippen molar-refractivity contribution in [2.45, 2.75) is 13.1 Å². The van der Waals surface area contributed by atoms with Gasteiger partial charge in [0.2, 0.25) is 11.5 Å². The Morgan fingerprint density at radius 3 is 2.23 bits per heavy atom. The highest BCUT2D eigenvalue weighted by Crippen LogP contribution is 2.25. The van der Waals surface area contributed by atoms with Crippen LogP contribution in [0.5, 0.6) is 11.5 Å². The highest BCUT2D eigenvalue weighted by atomic mass is 35.5. The van der Waals surface area contributed by atoms with Gasteiger partial charge in [0.25, 0.3) is 0 Å². The van der Waals surface area contributed by atoms with Gasteiger partial charge in [-0.3, -0.25) is 10.2 Å². The predicted octanol–water partition coefficient (Wildman–Crippen LogP) is 1.92. The number of hydrogen-bond acceptors (Lipinski definition) is 4. The number of methoxy groups -OCH3 is 1. The number of imidazole rings is 1. The van der Waals surface area contributed by atoms with Gasteiger partial charge < -0.3 is 24.3 Å². The average Bonchev–Trinajstić information content (AvgIpc) is 2.87. The zero-order chi connectivity index (χ0) is 17.8. The van der Waals surface area contributed by atoms with E-state index in [9.17, 15) is 4.79 Å². The minimum atomic E-state index is -0.480. The molecule has 0 saturated carbocycles. The number of carbonyl (C=O) groups is 1. The summed E-state index contributed by atoms with van der Waals surface area (Å²) in [6.45, 7) is 0.796. The van der Waals surface area contributed by atoms with Crippen LogP contribution < -0.4 is 20.8 Å². The number of para-hydroxylation sites is 4. The summed E-state index contributed by atoms with van der Waals surface area (Å²) in [5.41, 5.74) is 7.18. The molecule has 0 radical (unpaired) electrons. The van der Waals surface area contributed by atoms with Crippen LogP contribution in [0, 0.1) is 5.41 Å². The lowest BCUT2D eigenvalue weighted by atomic mass is 10.3. The number of nitrogens with one attached hydrogen (secondary N) is 1. The van der Waals surface area contributed by atoms with Crippen molar-refractivity contribution in [3.63, 3.8) is 0 Å². The van der Waals surface area contributed by atoms with E-state index in [0.29, 0.717) is 24.7 Å². The number of hydrogen-bond donors (Lipinski definition) is 2. The van der Waals surface area contributed by atoms with E-state index in [4.69, 9.17) is 20.6 Å². The number of amides is 1. The highest BCUT2D eigenvalue weighted by molar-refractivity contribution is 5.85. The van der Waals surface area contributed by atoms with Crippen LogP contribution in [0.25, 0.3) is 11.0 Å². The summed E-state index contributed by atoms with van der Waals surface area (Å²) in [7, 11) is 1.59. The van der Waals surface area contributed by atoms with Crippen LogP contribution in [0.4, 0.5) is 0 Å². The van der Waals surface area contributed by atoms with Gasteiger partial charge in [0.05, 0.1) is 24.7 Å². The van der Waals surface area contributed by atoms with Gasteiger partial charge in [0.15, 0.2) is 11.5 Å². The Labute approximate surface area is 156 Å². The molecule has 0 aliphatic rings. The fourth-order valence-corrected chi connectivity index (χ4v) is 2.82. The molecule has 0 bridgehead atoms. The van der Waals surface area contributed by atoms with Gasteiger partial charge in [-0.25, -0.2) is 0 Å². The van der Waals surface area contributed by atoms with Crippen LogP contribution in [0.15, 0.2) is 48.5 Å². The highest BCUT2D eigenvalue weighted by Gasteiger charge is 2.12. The van der Waals surface area contributed by atoms with Crippen LogP contribution in [0.1, 0.15) is 0 Å². The average molecular weight is 377 g/mol. The largest absolute Gasteiger partial charge is 0.493 e. The van der Waals surface area contributed by atoms with Gasteiger partial charge in [0.1, 0.15) is 13.2 Å². The molecule has 26 heavy (non-hydrogen) atoms. The first-order chi connectivity index (χ1) is 12.1. The first-order valence-corrected chi connectivity index (χ1v) is 7.88. The number of halogens is 1. The van der Waals surface area contributed by atoms with E-state index in [1.54, 1.807) is 16.2 Å². The summed E-state index contributed by atoms with van der Waals surface area (Å²) in [6.07, 6.45) is 0. The fourth-order valence-electron chi connectivity index (χ4n) is 2.82. The Bertz CT molecular complexity index is 964. The Morgan fingerprint density at radius 2 is 1.62 bits per heavy atom. The van der Waals surface area contributed by atoms with E-state index in [2.05, 4.69) is 0 Å². The molecule has 0 aliphatic carbocycles. The molecule has 0 fully saturated rings. The molecule has 0 spiro atoms. The zero-order valence-corrected chi connectivity index (χ0v) is 15.2. The van der Waals surface area contributed by atoms with Gasteiger partial charge in [-0.2, -0.15) is 0 Å². The number of benzene rings is 2. The molecule has 3 rings (SSSR count). The van der Waals surface area contributed by atoms with Crippen molar-refractivity contribution in [1.29, 1.82) is 5.41 Å². The maximum atomic E-state index is 11.3. The summed E-state index contributed by atoms with van der Waals surface area (Å²) in [5, 5.41) is 8.37. The number of nitrogens with two attached hydrogens (primary N) is 1. The number of carbonyl (C=O) groups excluding carboxylic acids is 1. The second kappa shape index (κ2) is 8.44. The number of nitrogens with zero attached hydrogens (tertiary/aromatic N) is 2. The lowest BCUT2D eigenvalue weighted by Crippen LogP contribution is -2.30. The van der Waals surface area contributed by atoms with E-state index >= 15 is 0 Å². The molecule has 138 valence electrons. The quantitative estimate of drug-likeness (QED) is 0.659. The molecular formula is C18H21ClN4O3. The first-order valence-electron chi connectivity index (χ1n) is 7.88. The monoisotopic (exact) mass is 376 g/mol. The molecular weight excluding hydrogens is 356 g/mol. The summed E-state index contributed by atoms with van der Waals surface area (Å²) >= 11 is 0. The number of aromatic nitrogens is 2. The SMILES string of the molecule is COc1ccccc1OCCn1c(=N)n(CC(N)=O)c2ccccc21.Cl. The van der Waals surface area contributed by atoms with E-state index in [1.165, 1.54) is 0 Å². The van der Waals surface area contributed by atoms with Crippen LogP contribution in [0.2, 0.25) is 0 Å². The van der Waals surface area contributed by atoms with E-state index in [-0.39, 0.29) is 24.6 Å². The summed E-state index contributed by atoms with van der Waals surface area (Å²) in [6, 6.07) is 15.0. The summed E-state index contributed by atoms with van der Waals surface area (Å²) in [5.74, 6) is 0.833. The standard InChI is InChI=1S/C18H20N4O3.ClH/c1-24-15-8-4-5-9-16(15)25-11-10-21-13-6-2-3-7-14(13)22(18(21)20)12-17(19)23;/h2-9,20H,10-12H2,1H3,(H2,19,23);1H. The van der Waals surface area contributed by atoms with Gasteiger partial charge in [0, 0.05) is 0 Å². The van der Waals surface area contributed by atoms with Gasteiger partial charge in [-0.15, -0.1) is 12.4 Å². The lowest BCUT2D eigenvalue weighted by Gasteiger charge is -2.11. The molecule has 0 aliphatic heterocycles. The molecule has 0 unspecified atom stereocenters. The van der Waals surface area contributed by atoms with Crippen LogP contribution >= 0.6 is 12.4 Å². The smallest absolute Gasteiger partial charge is 0.237 e. The molecule has 7 nitrogen and oxygen atoms in total. The van der Waals surface area contributed by atoms with E-state index in [1.807, 2.05) is 48.5 Å².